The number of hydrogen-bond acceptors (Lipinski definition) is 3. The first-order chi connectivity index (χ1) is 11.6. The number of aliphatic hydroxyl groups is 1. The molecule has 2 nitrogen and oxygen atoms in total. The van der Waals surface area contributed by atoms with Gasteiger partial charge in [0.05, 0.1) is 6.10 Å². The van der Waals surface area contributed by atoms with Crippen molar-refractivity contribution in [2.45, 2.75) is 30.1 Å². The summed E-state index contributed by atoms with van der Waals surface area (Å²) in [5.41, 5.74) is 5.44. The molecular weight excluding hydrogens is 350 g/mol. The van der Waals surface area contributed by atoms with E-state index in [1.165, 1.54) is 27.2 Å². The summed E-state index contributed by atoms with van der Waals surface area (Å²) >= 11 is 1.92. The Morgan fingerprint density at radius 1 is 1.12 bits per heavy atom. The first kappa shape index (κ1) is 20.1. The zero-order valence-electron chi connectivity index (χ0n) is 14.8. The molecule has 0 aromatic heterocycles. The predicted octanol–water partition coefficient (Wildman–Crippen LogP) is 4.85. The summed E-state index contributed by atoms with van der Waals surface area (Å²) in [5.74, 6) is 1.02. The Balaban J connectivity index is 0.00000225. The van der Waals surface area contributed by atoms with Crippen molar-refractivity contribution in [3.63, 3.8) is 0 Å². The molecule has 0 saturated heterocycles. The number of hydrogen-bond donors (Lipinski definition) is 1. The zero-order chi connectivity index (χ0) is 16.9. The summed E-state index contributed by atoms with van der Waals surface area (Å²) in [6.45, 7) is 3.50. The largest absolute Gasteiger partial charge is 0.392 e. The van der Waals surface area contributed by atoms with Crippen LogP contribution in [-0.2, 0) is 5.75 Å². The van der Waals surface area contributed by atoms with Gasteiger partial charge in [0.2, 0.25) is 0 Å². The fourth-order valence-electron chi connectivity index (χ4n) is 3.22. The van der Waals surface area contributed by atoms with E-state index in [0.29, 0.717) is 6.54 Å². The van der Waals surface area contributed by atoms with Crippen LogP contribution in [0.25, 0.3) is 5.57 Å². The Kier molecular flexibility index (Phi) is 7.57. The molecule has 0 bridgehead atoms. The molecule has 1 heterocycles. The van der Waals surface area contributed by atoms with Gasteiger partial charge in [-0.05, 0) is 48.7 Å². The van der Waals surface area contributed by atoms with Gasteiger partial charge in [-0.2, -0.15) is 0 Å². The standard InChI is InChI=1S/C21H25NOS.ClH/c1-16(23)14-22(2)13-7-11-19-18-9-4-3-8-17(18)15-24-21-12-6-5-10-20(19)21;/h3-6,8-12,16,23H,7,13-15H2,1-2H3;1H. The van der Waals surface area contributed by atoms with Crippen LogP contribution in [0.2, 0.25) is 0 Å². The summed E-state index contributed by atoms with van der Waals surface area (Å²) in [6.07, 6.45) is 3.06. The van der Waals surface area contributed by atoms with Crippen LogP contribution in [0.15, 0.2) is 59.5 Å². The fourth-order valence-corrected chi connectivity index (χ4v) is 4.29. The van der Waals surface area contributed by atoms with E-state index in [1.807, 2.05) is 18.7 Å². The van der Waals surface area contributed by atoms with Crippen molar-refractivity contribution >= 4 is 29.7 Å². The topological polar surface area (TPSA) is 23.5 Å². The highest BCUT2D eigenvalue weighted by atomic mass is 35.5. The molecule has 0 fully saturated rings. The SMILES string of the molecule is CC(O)CN(C)CCC=C1c2ccccc2CSc2ccccc21.Cl. The number of nitrogens with zero attached hydrogens (tertiary/aromatic N) is 1. The minimum absolute atomic E-state index is 0. The van der Waals surface area contributed by atoms with Gasteiger partial charge in [-0.3, -0.25) is 0 Å². The molecule has 2 aromatic carbocycles. The first-order valence-electron chi connectivity index (χ1n) is 8.52. The Morgan fingerprint density at radius 3 is 2.56 bits per heavy atom. The van der Waals surface area contributed by atoms with Crippen LogP contribution in [0.3, 0.4) is 0 Å². The normalized spacial score (nSPS) is 15.9. The highest BCUT2D eigenvalue weighted by Crippen LogP contribution is 2.39. The van der Waals surface area contributed by atoms with Crippen LogP contribution in [0.4, 0.5) is 0 Å². The molecule has 0 radical (unpaired) electrons. The molecule has 2 aromatic rings. The van der Waals surface area contributed by atoms with Crippen molar-refractivity contribution in [2.75, 3.05) is 20.1 Å². The third-order valence-corrected chi connectivity index (χ3v) is 5.43. The Labute approximate surface area is 161 Å². The summed E-state index contributed by atoms with van der Waals surface area (Å²) in [5, 5.41) is 9.51. The van der Waals surface area contributed by atoms with Crippen LogP contribution < -0.4 is 0 Å². The number of rotatable bonds is 5. The third kappa shape index (κ3) is 5.11. The highest BCUT2D eigenvalue weighted by Gasteiger charge is 2.17. The fraction of sp³-hybridized carbons (Fsp3) is 0.333. The van der Waals surface area contributed by atoms with Crippen molar-refractivity contribution in [2.24, 2.45) is 0 Å². The zero-order valence-corrected chi connectivity index (χ0v) is 16.4. The highest BCUT2D eigenvalue weighted by molar-refractivity contribution is 7.98. The minimum atomic E-state index is -0.279. The van der Waals surface area contributed by atoms with Gasteiger partial charge in [-0.25, -0.2) is 0 Å². The van der Waals surface area contributed by atoms with E-state index < -0.39 is 0 Å². The number of benzene rings is 2. The maximum absolute atomic E-state index is 9.51. The molecule has 1 aliphatic rings. The van der Waals surface area contributed by atoms with Crippen LogP contribution >= 0.6 is 24.2 Å². The van der Waals surface area contributed by atoms with Crippen LogP contribution in [0.1, 0.15) is 30.0 Å². The van der Waals surface area contributed by atoms with E-state index in [0.717, 1.165) is 18.7 Å². The maximum atomic E-state index is 9.51. The third-order valence-electron chi connectivity index (χ3n) is 4.30. The lowest BCUT2D eigenvalue weighted by Crippen LogP contribution is -2.27. The van der Waals surface area contributed by atoms with E-state index in [4.69, 9.17) is 0 Å². The lowest BCUT2D eigenvalue weighted by molar-refractivity contribution is 0.142. The van der Waals surface area contributed by atoms with E-state index in [2.05, 4.69) is 66.6 Å². The monoisotopic (exact) mass is 375 g/mol. The lowest BCUT2D eigenvalue weighted by Gasteiger charge is -2.18. The van der Waals surface area contributed by atoms with Gasteiger partial charge in [0.1, 0.15) is 0 Å². The first-order valence-corrected chi connectivity index (χ1v) is 9.51. The van der Waals surface area contributed by atoms with Gasteiger partial charge in [-0.1, -0.05) is 48.5 Å². The summed E-state index contributed by atoms with van der Waals surface area (Å²) < 4.78 is 0. The van der Waals surface area contributed by atoms with E-state index >= 15 is 0 Å². The number of halogens is 1. The van der Waals surface area contributed by atoms with E-state index in [1.54, 1.807) is 0 Å². The second kappa shape index (κ2) is 9.44. The molecule has 0 aliphatic carbocycles. The van der Waals surface area contributed by atoms with Crippen LogP contribution in [0, 0.1) is 0 Å². The van der Waals surface area contributed by atoms with E-state index in [-0.39, 0.29) is 18.5 Å². The van der Waals surface area contributed by atoms with Gasteiger partial charge in [0.15, 0.2) is 0 Å². The van der Waals surface area contributed by atoms with E-state index in [9.17, 15) is 5.11 Å². The lowest BCUT2D eigenvalue weighted by atomic mass is 9.93. The molecule has 25 heavy (non-hydrogen) atoms. The molecule has 3 rings (SSSR count). The number of aliphatic hydroxyl groups excluding tert-OH is 1. The van der Waals surface area contributed by atoms with Crippen LogP contribution in [0.5, 0.6) is 0 Å². The molecule has 0 saturated carbocycles. The minimum Gasteiger partial charge on any atom is -0.392 e. The average Bonchev–Trinajstić information content (AvgIpc) is 2.72. The molecular formula is C21H26ClNOS. The molecule has 134 valence electrons. The summed E-state index contributed by atoms with van der Waals surface area (Å²) in [4.78, 5) is 3.54. The van der Waals surface area contributed by atoms with Crippen molar-refractivity contribution in [1.82, 2.24) is 4.90 Å². The van der Waals surface area contributed by atoms with Crippen molar-refractivity contribution in [1.29, 1.82) is 0 Å². The van der Waals surface area contributed by atoms with Crippen molar-refractivity contribution < 1.29 is 5.11 Å². The quantitative estimate of drug-likeness (QED) is 0.808. The average molecular weight is 376 g/mol. The molecule has 1 aliphatic heterocycles. The molecule has 1 unspecified atom stereocenters. The van der Waals surface area contributed by atoms with Gasteiger partial charge in [-0.15, -0.1) is 24.2 Å². The maximum Gasteiger partial charge on any atom is 0.0638 e. The van der Waals surface area contributed by atoms with Crippen LogP contribution in [-0.4, -0.2) is 36.2 Å². The van der Waals surface area contributed by atoms with Crippen molar-refractivity contribution in [3.05, 3.63) is 71.3 Å². The predicted molar refractivity (Wildman–Crippen MR) is 111 cm³/mol. The number of fused-ring (bicyclic) bond motifs is 2. The molecule has 0 spiro atoms. The molecule has 0 amide bonds. The molecule has 1 atom stereocenters. The van der Waals surface area contributed by atoms with Gasteiger partial charge in [0, 0.05) is 23.7 Å². The Hall–Kier alpha value is -1.26. The smallest absolute Gasteiger partial charge is 0.0638 e. The number of thioether (sulfide) groups is 1. The van der Waals surface area contributed by atoms with Gasteiger partial charge >= 0.3 is 0 Å². The summed E-state index contributed by atoms with van der Waals surface area (Å²) in [6, 6.07) is 17.4. The Bertz CT molecular complexity index is 680. The molecule has 4 heteroatoms. The van der Waals surface area contributed by atoms with Gasteiger partial charge in [0.25, 0.3) is 0 Å². The molecule has 1 N–H and O–H groups in total. The second-order valence-corrected chi connectivity index (χ2v) is 7.48. The van der Waals surface area contributed by atoms with Gasteiger partial charge < -0.3 is 10.0 Å². The van der Waals surface area contributed by atoms with Crippen molar-refractivity contribution in [3.8, 4) is 0 Å². The second-order valence-electron chi connectivity index (χ2n) is 6.46. The summed E-state index contributed by atoms with van der Waals surface area (Å²) in [7, 11) is 2.07. The number of likely N-dealkylation sites (N-methyl/N-ethyl adjacent to an activating group) is 1. The Morgan fingerprint density at radius 2 is 1.80 bits per heavy atom.